The van der Waals surface area contributed by atoms with E-state index in [-0.39, 0.29) is 6.04 Å². The number of hydrogen-bond acceptors (Lipinski definition) is 6. The van der Waals surface area contributed by atoms with E-state index in [0.29, 0.717) is 29.1 Å². The van der Waals surface area contributed by atoms with E-state index in [0.717, 1.165) is 24.8 Å². The molecule has 23 heavy (non-hydrogen) atoms. The van der Waals surface area contributed by atoms with Crippen molar-refractivity contribution in [2.24, 2.45) is 11.7 Å². The lowest BCUT2D eigenvalue weighted by Gasteiger charge is -2.27. The highest BCUT2D eigenvalue weighted by molar-refractivity contribution is 5.60. The van der Waals surface area contributed by atoms with E-state index in [1.165, 1.54) is 12.8 Å². The van der Waals surface area contributed by atoms with Gasteiger partial charge in [0.2, 0.25) is 11.7 Å². The van der Waals surface area contributed by atoms with Gasteiger partial charge >= 0.3 is 0 Å². The van der Waals surface area contributed by atoms with Crippen LogP contribution >= 0.6 is 0 Å². The van der Waals surface area contributed by atoms with Gasteiger partial charge in [0.05, 0.1) is 14.2 Å². The lowest BCUT2D eigenvalue weighted by Crippen LogP contribution is -2.34. The third-order valence-corrected chi connectivity index (χ3v) is 4.51. The molecule has 124 valence electrons. The fourth-order valence-corrected chi connectivity index (χ4v) is 3.14. The first kappa shape index (κ1) is 15.8. The maximum absolute atomic E-state index is 6.19. The van der Waals surface area contributed by atoms with Gasteiger partial charge in [0.25, 0.3) is 0 Å². The van der Waals surface area contributed by atoms with Crippen molar-refractivity contribution in [2.75, 3.05) is 14.2 Å². The molecule has 0 radical (unpaired) electrons. The Kier molecular flexibility index (Phi) is 4.81. The van der Waals surface area contributed by atoms with Gasteiger partial charge in [-0.05, 0) is 37.0 Å². The van der Waals surface area contributed by atoms with Crippen molar-refractivity contribution in [3.8, 4) is 22.9 Å². The molecule has 0 saturated heterocycles. The second kappa shape index (κ2) is 7.00. The third kappa shape index (κ3) is 3.47. The number of methoxy groups -OCH3 is 2. The Balaban J connectivity index is 1.76. The monoisotopic (exact) mass is 317 g/mol. The molecule has 0 amide bonds. The van der Waals surface area contributed by atoms with Crippen molar-refractivity contribution in [3.05, 3.63) is 24.1 Å². The van der Waals surface area contributed by atoms with Crippen LogP contribution in [-0.2, 0) is 6.42 Å². The first-order valence-electron chi connectivity index (χ1n) is 8.02. The van der Waals surface area contributed by atoms with Crippen molar-refractivity contribution >= 4 is 0 Å². The summed E-state index contributed by atoms with van der Waals surface area (Å²) in [5.74, 6) is 2.96. The van der Waals surface area contributed by atoms with Crippen LogP contribution in [0.2, 0.25) is 0 Å². The van der Waals surface area contributed by atoms with Gasteiger partial charge in [-0.25, -0.2) is 0 Å². The smallest absolute Gasteiger partial charge is 0.227 e. The highest BCUT2D eigenvalue weighted by Crippen LogP contribution is 2.32. The molecule has 0 bridgehead atoms. The lowest BCUT2D eigenvalue weighted by molar-refractivity contribution is 0.273. The molecule has 6 heteroatoms. The van der Waals surface area contributed by atoms with Crippen molar-refractivity contribution in [3.63, 3.8) is 0 Å². The van der Waals surface area contributed by atoms with Gasteiger partial charge in [0.15, 0.2) is 11.5 Å². The van der Waals surface area contributed by atoms with Crippen LogP contribution in [0.5, 0.6) is 11.5 Å². The molecular formula is C17H23N3O3. The molecule has 3 rings (SSSR count). The lowest BCUT2D eigenvalue weighted by atomic mass is 9.83. The van der Waals surface area contributed by atoms with E-state index in [4.69, 9.17) is 19.7 Å². The van der Waals surface area contributed by atoms with E-state index in [1.54, 1.807) is 14.2 Å². The minimum absolute atomic E-state index is 0.236. The number of aromatic nitrogens is 2. The Morgan fingerprint density at radius 1 is 1.17 bits per heavy atom. The van der Waals surface area contributed by atoms with Gasteiger partial charge in [-0.15, -0.1) is 0 Å². The minimum atomic E-state index is 0.236. The largest absolute Gasteiger partial charge is 0.493 e. The van der Waals surface area contributed by atoms with Crippen LogP contribution in [0.1, 0.15) is 31.6 Å². The van der Waals surface area contributed by atoms with E-state index in [1.807, 2.05) is 18.2 Å². The fraction of sp³-hybridized carbons (Fsp3) is 0.529. The van der Waals surface area contributed by atoms with Gasteiger partial charge in [-0.2, -0.15) is 4.98 Å². The maximum atomic E-state index is 6.19. The molecule has 6 nitrogen and oxygen atoms in total. The van der Waals surface area contributed by atoms with Gasteiger partial charge in [-0.3, -0.25) is 0 Å². The molecule has 1 aliphatic rings. The molecule has 1 fully saturated rings. The summed E-state index contributed by atoms with van der Waals surface area (Å²) in [7, 11) is 3.21. The number of rotatable bonds is 5. The summed E-state index contributed by atoms with van der Waals surface area (Å²) < 4.78 is 16.0. The Morgan fingerprint density at radius 2 is 1.96 bits per heavy atom. The molecule has 2 aromatic rings. The first-order valence-corrected chi connectivity index (χ1v) is 8.02. The molecule has 0 spiro atoms. The van der Waals surface area contributed by atoms with Crippen molar-refractivity contribution < 1.29 is 14.0 Å². The molecular weight excluding hydrogens is 294 g/mol. The molecule has 1 aromatic carbocycles. The Hall–Kier alpha value is -2.08. The summed E-state index contributed by atoms with van der Waals surface area (Å²) in [5.41, 5.74) is 7.03. The third-order valence-electron chi connectivity index (χ3n) is 4.51. The minimum Gasteiger partial charge on any atom is -0.493 e. The molecule has 1 saturated carbocycles. The van der Waals surface area contributed by atoms with Crippen LogP contribution in [0.4, 0.5) is 0 Å². The van der Waals surface area contributed by atoms with E-state index >= 15 is 0 Å². The van der Waals surface area contributed by atoms with E-state index in [2.05, 4.69) is 10.1 Å². The summed E-state index contributed by atoms with van der Waals surface area (Å²) in [5, 5.41) is 4.08. The standard InChI is InChI=1S/C17H23N3O3/c1-21-14-8-7-12(9-15(14)22-2)17-19-16(23-20-17)10-11-5-3-4-6-13(11)18/h7-9,11,13H,3-6,10,18H2,1-2H3. The maximum Gasteiger partial charge on any atom is 0.227 e. The summed E-state index contributed by atoms with van der Waals surface area (Å²) in [6.45, 7) is 0. The average molecular weight is 317 g/mol. The molecule has 1 heterocycles. The summed E-state index contributed by atoms with van der Waals surface area (Å²) in [4.78, 5) is 4.51. The van der Waals surface area contributed by atoms with Crippen LogP contribution in [0.3, 0.4) is 0 Å². The van der Waals surface area contributed by atoms with Crippen molar-refractivity contribution in [1.29, 1.82) is 0 Å². The number of nitrogens with two attached hydrogens (primary N) is 1. The van der Waals surface area contributed by atoms with Crippen LogP contribution in [-0.4, -0.2) is 30.4 Å². The highest BCUT2D eigenvalue weighted by atomic mass is 16.5. The quantitative estimate of drug-likeness (QED) is 0.913. The number of hydrogen-bond donors (Lipinski definition) is 1. The molecule has 0 aliphatic heterocycles. The number of nitrogens with zero attached hydrogens (tertiary/aromatic N) is 2. The summed E-state index contributed by atoms with van der Waals surface area (Å²) in [6, 6.07) is 5.81. The van der Waals surface area contributed by atoms with Crippen LogP contribution in [0, 0.1) is 5.92 Å². The van der Waals surface area contributed by atoms with Crippen molar-refractivity contribution in [1.82, 2.24) is 10.1 Å². The van der Waals surface area contributed by atoms with Gasteiger partial charge in [0.1, 0.15) is 0 Å². The zero-order valence-corrected chi connectivity index (χ0v) is 13.6. The topological polar surface area (TPSA) is 83.4 Å². The summed E-state index contributed by atoms with van der Waals surface area (Å²) >= 11 is 0. The Bertz CT molecular complexity index is 656. The fourth-order valence-electron chi connectivity index (χ4n) is 3.14. The van der Waals surface area contributed by atoms with Gasteiger partial charge in [-0.1, -0.05) is 18.0 Å². The normalized spacial score (nSPS) is 21.2. The average Bonchev–Trinajstić information content (AvgIpc) is 3.05. The first-order chi connectivity index (χ1) is 11.2. The number of ether oxygens (including phenoxy) is 2. The predicted molar refractivity (Wildman–Crippen MR) is 86.5 cm³/mol. The summed E-state index contributed by atoms with van der Waals surface area (Å²) in [6.07, 6.45) is 5.42. The second-order valence-electron chi connectivity index (χ2n) is 5.99. The van der Waals surface area contributed by atoms with E-state index < -0.39 is 0 Å². The zero-order chi connectivity index (χ0) is 16.2. The molecule has 1 aliphatic carbocycles. The predicted octanol–water partition coefficient (Wildman–Crippen LogP) is 2.81. The van der Waals surface area contributed by atoms with Gasteiger partial charge < -0.3 is 19.7 Å². The highest BCUT2D eigenvalue weighted by Gasteiger charge is 2.24. The number of benzene rings is 1. The zero-order valence-electron chi connectivity index (χ0n) is 13.6. The van der Waals surface area contributed by atoms with Crippen LogP contribution < -0.4 is 15.2 Å². The van der Waals surface area contributed by atoms with Crippen LogP contribution in [0.15, 0.2) is 22.7 Å². The Labute approximate surface area is 136 Å². The molecule has 2 atom stereocenters. The SMILES string of the molecule is COc1ccc(-c2noc(CC3CCCCC3N)n2)cc1OC. The van der Waals surface area contributed by atoms with Crippen LogP contribution in [0.25, 0.3) is 11.4 Å². The second-order valence-corrected chi connectivity index (χ2v) is 5.99. The molecule has 2 unspecified atom stereocenters. The Morgan fingerprint density at radius 3 is 2.70 bits per heavy atom. The van der Waals surface area contributed by atoms with Gasteiger partial charge in [0, 0.05) is 18.0 Å². The molecule has 2 N–H and O–H groups in total. The van der Waals surface area contributed by atoms with Crippen molar-refractivity contribution in [2.45, 2.75) is 38.1 Å². The molecule has 1 aromatic heterocycles. The van der Waals surface area contributed by atoms with E-state index in [9.17, 15) is 0 Å².